The van der Waals surface area contributed by atoms with Crippen LogP contribution in [0.1, 0.15) is 53.6 Å². The van der Waals surface area contributed by atoms with E-state index in [2.05, 4.69) is 22.6 Å². The number of aliphatic hydroxyl groups excluding tert-OH is 1. The lowest BCUT2D eigenvalue weighted by Gasteiger charge is -2.22. The predicted octanol–water partition coefficient (Wildman–Crippen LogP) is 7.72. The Balaban J connectivity index is 0.00000144. The van der Waals surface area contributed by atoms with Gasteiger partial charge in [0.05, 0.1) is 28.0 Å². The Labute approximate surface area is 283 Å². The standard InChI is InChI=1S/C33H29Cl2F3N4O.CH5N.CH4O/c1-17-16-43-33-23(17)12-30(42-32(33)24-11-26(34)29(38)13-28(24)37)25(20-7-5-4-6-8-20)15-40-18(2)21-9-22(14-41-19(3)36)31(39)27(35)10-21;2*1-2/h4-14,17,19,25,40H,2,15-16,39H2,1,3H3;2H2,1H3;2H,1H3/b41-14+;;. The fraction of sp³-hybridized carbons (Fsp3) is 0.257. The maximum absolute atomic E-state index is 15.1. The summed E-state index contributed by atoms with van der Waals surface area (Å²) in [6, 6.07) is 17.1. The van der Waals surface area contributed by atoms with Crippen molar-refractivity contribution in [1.82, 2.24) is 10.3 Å². The molecule has 7 nitrogen and oxygen atoms in total. The van der Waals surface area contributed by atoms with Gasteiger partial charge in [-0.15, -0.1) is 0 Å². The van der Waals surface area contributed by atoms with Crippen LogP contribution in [0.15, 0.2) is 72.2 Å². The van der Waals surface area contributed by atoms with Crippen LogP contribution >= 0.6 is 23.2 Å². The normalized spacial score (nSPS) is 14.6. The second kappa shape index (κ2) is 17.2. The number of benzene rings is 3. The maximum atomic E-state index is 15.1. The first kappa shape index (κ1) is 37.4. The Morgan fingerprint density at radius 1 is 1.11 bits per heavy atom. The monoisotopic (exact) mass is 687 g/mol. The first-order valence-corrected chi connectivity index (χ1v) is 15.4. The van der Waals surface area contributed by atoms with Crippen LogP contribution in [0, 0.1) is 11.6 Å². The van der Waals surface area contributed by atoms with Crippen LogP contribution in [0.2, 0.25) is 10.0 Å². The third kappa shape index (κ3) is 8.84. The third-order valence-corrected chi connectivity index (χ3v) is 7.91. The number of hydrogen-bond acceptors (Lipinski definition) is 7. The average molecular weight is 689 g/mol. The zero-order valence-corrected chi connectivity index (χ0v) is 28.0. The van der Waals surface area contributed by atoms with Crippen LogP contribution in [0.25, 0.3) is 17.0 Å². The van der Waals surface area contributed by atoms with Gasteiger partial charge in [0.25, 0.3) is 0 Å². The van der Waals surface area contributed by atoms with Crippen molar-refractivity contribution < 1.29 is 23.0 Å². The summed E-state index contributed by atoms with van der Waals surface area (Å²) in [6.45, 7) is 8.27. The van der Waals surface area contributed by atoms with Gasteiger partial charge in [-0.1, -0.05) is 67.0 Å². The van der Waals surface area contributed by atoms with Crippen LogP contribution in [0.4, 0.5) is 18.9 Å². The molecule has 0 amide bonds. The molecule has 0 bridgehead atoms. The molecule has 1 aromatic heterocycles. The molecule has 0 fully saturated rings. The Morgan fingerprint density at radius 2 is 1.79 bits per heavy atom. The number of nitrogens with one attached hydrogen (secondary N) is 1. The van der Waals surface area contributed by atoms with E-state index < -0.39 is 17.9 Å². The van der Waals surface area contributed by atoms with E-state index in [4.69, 9.17) is 43.8 Å². The van der Waals surface area contributed by atoms with Crippen molar-refractivity contribution in [3.63, 3.8) is 0 Å². The fourth-order valence-corrected chi connectivity index (χ4v) is 5.35. The van der Waals surface area contributed by atoms with Gasteiger partial charge in [0.1, 0.15) is 23.1 Å². The van der Waals surface area contributed by atoms with E-state index >= 15 is 4.39 Å². The van der Waals surface area contributed by atoms with Gasteiger partial charge < -0.3 is 26.6 Å². The number of hydrogen-bond donors (Lipinski definition) is 4. The topological polar surface area (TPSA) is 119 Å². The van der Waals surface area contributed by atoms with E-state index in [0.29, 0.717) is 41.4 Å². The molecule has 0 saturated carbocycles. The SMILES string of the molecule is C=C(NCC(c1ccccc1)c1cc2c(c(-c3cc(Cl)c(F)cc3F)n1)OCC2C)c1cc(Cl)c(N)c(/C=N/C(C)F)c1.CN.CO. The summed E-state index contributed by atoms with van der Waals surface area (Å²) < 4.78 is 48.4. The van der Waals surface area contributed by atoms with Crippen molar-refractivity contribution in [3.8, 4) is 17.0 Å². The molecule has 3 aromatic carbocycles. The summed E-state index contributed by atoms with van der Waals surface area (Å²) >= 11 is 12.4. The quantitative estimate of drug-likeness (QED) is 0.0619. The Bertz CT molecular complexity index is 1720. The predicted molar refractivity (Wildman–Crippen MR) is 186 cm³/mol. The number of nitrogens with two attached hydrogens (primary N) is 2. The Morgan fingerprint density at radius 3 is 2.45 bits per heavy atom. The van der Waals surface area contributed by atoms with Gasteiger partial charge in [-0.05, 0) is 49.4 Å². The lowest BCUT2D eigenvalue weighted by atomic mass is 9.91. The molecule has 5 rings (SSSR count). The average Bonchev–Trinajstić information content (AvgIpc) is 3.45. The van der Waals surface area contributed by atoms with Crippen LogP contribution in [-0.4, -0.2) is 49.9 Å². The molecule has 3 atom stereocenters. The lowest BCUT2D eigenvalue weighted by Crippen LogP contribution is -2.22. The zero-order chi connectivity index (χ0) is 34.8. The minimum absolute atomic E-state index is 0.0258. The van der Waals surface area contributed by atoms with Crippen LogP contribution in [0.5, 0.6) is 5.75 Å². The van der Waals surface area contributed by atoms with Crippen molar-refractivity contribution in [3.05, 3.63) is 117 Å². The number of fused-ring (bicyclic) bond motifs is 1. The van der Waals surface area contributed by atoms with E-state index in [0.717, 1.165) is 24.3 Å². The van der Waals surface area contributed by atoms with Crippen LogP contribution in [0.3, 0.4) is 0 Å². The number of aliphatic imine (C=N–C) groups is 1. The third-order valence-electron chi connectivity index (χ3n) is 7.30. The minimum Gasteiger partial charge on any atom is -0.490 e. The highest BCUT2D eigenvalue weighted by atomic mass is 35.5. The fourth-order valence-electron chi connectivity index (χ4n) is 4.96. The van der Waals surface area contributed by atoms with Gasteiger partial charge >= 0.3 is 0 Å². The van der Waals surface area contributed by atoms with Gasteiger partial charge in [-0.2, -0.15) is 0 Å². The molecular formula is C35H38Cl2F3N5O2. The molecule has 250 valence electrons. The largest absolute Gasteiger partial charge is 0.490 e. The van der Waals surface area contributed by atoms with Crippen molar-refractivity contribution in [2.75, 3.05) is 33.0 Å². The van der Waals surface area contributed by atoms with Crippen molar-refractivity contribution in [2.24, 2.45) is 10.7 Å². The molecule has 3 unspecified atom stereocenters. The first-order valence-electron chi connectivity index (χ1n) is 14.6. The van der Waals surface area contributed by atoms with Crippen LogP contribution < -0.4 is 21.5 Å². The number of halogens is 5. The van der Waals surface area contributed by atoms with E-state index in [1.165, 1.54) is 26.3 Å². The summed E-state index contributed by atoms with van der Waals surface area (Å²) in [4.78, 5) is 8.66. The molecule has 0 saturated heterocycles. The number of alkyl halides is 1. The van der Waals surface area contributed by atoms with Gasteiger partial charge in [0.15, 0.2) is 6.30 Å². The number of anilines is 1. The number of nitrogen functional groups attached to an aromatic ring is 1. The minimum atomic E-state index is -1.40. The smallest absolute Gasteiger partial charge is 0.187 e. The zero-order valence-electron chi connectivity index (χ0n) is 26.5. The molecule has 47 heavy (non-hydrogen) atoms. The van der Waals surface area contributed by atoms with Crippen LogP contribution in [-0.2, 0) is 0 Å². The highest BCUT2D eigenvalue weighted by Gasteiger charge is 2.30. The summed E-state index contributed by atoms with van der Waals surface area (Å²) in [7, 11) is 2.50. The van der Waals surface area contributed by atoms with E-state index in [-0.39, 0.29) is 38.8 Å². The van der Waals surface area contributed by atoms with E-state index in [1.807, 2.05) is 43.3 Å². The van der Waals surface area contributed by atoms with Crippen molar-refractivity contribution >= 4 is 40.8 Å². The summed E-state index contributed by atoms with van der Waals surface area (Å²) in [5.74, 6) is -1.48. The molecule has 4 aromatic rings. The number of rotatable bonds is 9. The summed E-state index contributed by atoms with van der Waals surface area (Å²) in [5, 5.41) is 10.4. The molecule has 6 N–H and O–H groups in total. The Kier molecular flexibility index (Phi) is 13.7. The number of pyridine rings is 1. The summed E-state index contributed by atoms with van der Waals surface area (Å²) in [5.41, 5.74) is 15.3. The Hall–Kier alpha value is -4.09. The van der Waals surface area contributed by atoms with Gasteiger partial charge in [-0.25, -0.2) is 18.2 Å². The highest BCUT2D eigenvalue weighted by Crippen LogP contribution is 2.44. The number of aliphatic hydroxyl groups is 1. The molecular weight excluding hydrogens is 650 g/mol. The maximum Gasteiger partial charge on any atom is 0.187 e. The second-order valence-corrected chi connectivity index (χ2v) is 11.2. The second-order valence-electron chi connectivity index (χ2n) is 10.4. The lowest BCUT2D eigenvalue weighted by molar-refractivity contribution is 0.337. The number of aromatic nitrogens is 1. The summed E-state index contributed by atoms with van der Waals surface area (Å²) in [6.07, 6.45) is -0.0535. The van der Waals surface area contributed by atoms with Gasteiger partial charge in [-0.3, -0.25) is 4.99 Å². The highest BCUT2D eigenvalue weighted by molar-refractivity contribution is 6.34. The van der Waals surface area contributed by atoms with Crippen molar-refractivity contribution in [1.29, 1.82) is 0 Å². The molecule has 12 heteroatoms. The molecule has 0 spiro atoms. The van der Waals surface area contributed by atoms with Gasteiger partial charge in [0, 0.05) is 60.2 Å². The van der Waals surface area contributed by atoms with E-state index in [9.17, 15) is 8.78 Å². The molecule has 2 heterocycles. The van der Waals surface area contributed by atoms with E-state index in [1.54, 1.807) is 12.1 Å². The van der Waals surface area contributed by atoms with Gasteiger partial charge in [0.2, 0.25) is 0 Å². The molecule has 1 aliphatic heterocycles. The molecule has 1 aliphatic rings. The molecule has 0 radical (unpaired) electrons. The number of nitrogens with zero attached hydrogens (tertiary/aromatic N) is 2. The first-order chi connectivity index (χ1) is 22.5. The molecule has 0 aliphatic carbocycles. The van der Waals surface area contributed by atoms with Crippen molar-refractivity contribution in [2.45, 2.75) is 32.0 Å². The number of ether oxygens (including phenoxy) is 1.